The summed E-state index contributed by atoms with van der Waals surface area (Å²) in [6, 6.07) is 0. The van der Waals surface area contributed by atoms with Gasteiger partial charge in [0.1, 0.15) is 5.84 Å². The van der Waals surface area contributed by atoms with Gasteiger partial charge in [-0.25, -0.2) is 0 Å². The zero-order valence-corrected chi connectivity index (χ0v) is 4.47. The normalized spacial score (nSPS) is 17.6. The third-order valence-electron chi connectivity index (χ3n) is 0.679. The van der Waals surface area contributed by atoms with Crippen LogP contribution in [0.5, 0.6) is 0 Å². The number of guanidine groups is 1. The van der Waals surface area contributed by atoms with Crippen molar-refractivity contribution in [3.63, 3.8) is 0 Å². The van der Waals surface area contributed by atoms with Gasteiger partial charge in [-0.1, -0.05) is 0 Å². The summed E-state index contributed by atoms with van der Waals surface area (Å²) in [6.07, 6.45) is 0. The third kappa shape index (κ3) is 0.868. The molecule has 44 valence electrons. The molecule has 0 amide bonds. The van der Waals surface area contributed by atoms with Crippen LogP contribution in [0.3, 0.4) is 0 Å². The highest BCUT2D eigenvalue weighted by atomic mass is 15.5. The van der Waals surface area contributed by atoms with Gasteiger partial charge in [-0.15, -0.1) is 10.2 Å². The first-order valence-corrected chi connectivity index (χ1v) is 2.19. The van der Waals surface area contributed by atoms with Gasteiger partial charge in [-0.05, 0) is 6.92 Å². The van der Waals surface area contributed by atoms with E-state index >= 15 is 0 Å². The molecule has 0 aromatic heterocycles. The summed E-state index contributed by atoms with van der Waals surface area (Å²) in [5.74, 6) is 0.995. The molecule has 0 spiro atoms. The van der Waals surface area contributed by atoms with Gasteiger partial charge < -0.3 is 5.73 Å². The summed E-state index contributed by atoms with van der Waals surface area (Å²) in [5.41, 5.74) is 10.4. The molecule has 1 aliphatic heterocycles. The quantitative estimate of drug-likeness (QED) is 0.367. The van der Waals surface area contributed by atoms with E-state index in [1.54, 1.807) is 6.92 Å². The topological polar surface area (TPSA) is 74.8 Å². The maximum atomic E-state index is 5.17. The van der Waals surface area contributed by atoms with Crippen molar-refractivity contribution in [2.24, 2.45) is 15.9 Å². The van der Waals surface area contributed by atoms with Crippen LogP contribution in [0.15, 0.2) is 10.2 Å². The SMILES string of the molecule is CC1=NN=C(N)NN1. The lowest BCUT2D eigenvalue weighted by atomic mass is 10.7. The van der Waals surface area contributed by atoms with E-state index in [9.17, 15) is 0 Å². The second-order valence-corrected chi connectivity index (χ2v) is 1.42. The van der Waals surface area contributed by atoms with Gasteiger partial charge in [0.25, 0.3) is 0 Å². The molecule has 1 aliphatic rings. The van der Waals surface area contributed by atoms with Crippen LogP contribution in [0.2, 0.25) is 0 Å². The lowest BCUT2D eigenvalue weighted by molar-refractivity contribution is 0.810. The molecular weight excluding hydrogens is 106 g/mol. The first-order chi connectivity index (χ1) is 3.79. The standard InChI is InChI=1S/C3H7N5/c1-2-5-7-3(4)8-6-2/h1H3,(H,5,6)(H3,4,7,8). The van der Waals surface area contributed by atoms with E-state index < -0.39 is 0 Å². The van der Waals surface area contributed by atoms with Crippen molar-refractivity contribution in [1.82, 2.24) is 10.9 Å². The molecule has 0 unspecified atom stereocenters. The van der Waals surface area contributed by atoms with Crippen molar-refractivity contribution in [3.05, 3.63) is 0 Å². The Morgan fingerprint density at radius 2 is 2.12 bits per heavy atom. The largest absolute Gasteiger partial charge is 0.367 e. The van der Waals surface area contributed by atoms with Crippen molar-refractivity contribution in [2.45, 2.75) is 6.92 Å². The van der Waals surface area contributed by atoms with Gasteiger partial charge in [-0.2, -0.15) is 0 Å². The number of rotatable bonds is 0. The molecule has 5 heteroatoms. The van der Waals surface area contributed by atoms with Crippen LogP contribution in [-0.4, -0.2) is 11.8 Å². The van der Waals surface area contributed by atoms with Gasteiger partial charge in [0.15, 0.2) is 0 Å². The molecule has 0 bridgehead atoms. The number of hydrogen-bond acceptors (Lipinski definition) is 5. The van der Waals surface area contributed by atoms with E-state index in [0.717, 1.165) is 0 Å². The summed E-state index contributed by atoms with van der Waals surface area (Å²) < 4.78 is 0. The minimum Gasteiger partial charge on any atom is -0.367 e. The van der Waals surface area contributed by atoms with Crippen LogP contribution < -0.4 is 16.6 Å². The zero-order chi connectivity index (χ0) is 5.98. The van der Waals surface area contributed by atoms with Crippen molar-refractivity contribution in [3.8, 4) is 0 Å². The molecular formula is C3H7N5. The summed E-state index contributed by atoms with van der Waals surface area (Å²) in [4.78, 5) is 0. The highest BCUT2D eigenvalue weighted by molar-refractivity contribution is 5.87. The van der Waals surface area contributed by atoms with Crippen molar-refractivity contribution < 1.29 is 0 Å². The minimum absolute atomic E-state index is 0.288. The fourth-order valence-corrected chi connectivity index (χ4v) is 0.333. The van der Waals surface area contributed by atoms with E-state index in [2.05, 4.69) is 21.1 Å². The number of nitrogens with zero attached hydrogens (tertiary/aromatic N) is 2. The molecule has 0 radical (unpaired) electrons. The maximum absolute atomic E-state index is 5.17. The van der Waals surface area contributed by atoms with Gasteiger partial charge >= 0.3 is 0 Å². The highest BCUT2D eigenvalue weighted by Gasteiger charge is 1.95. The summed E-state index contributed by atoms with van der Waals surface area (Å²) in [6.45, 7) is 1.78. The fourth-order valence-electron chi connectivity index (χ4n) is 0.333. The number of nitrogens with one attached hydrogen (secondary N) is 2. The molecule has 5 nitrogen and oxygen atoms in total. The number of hydrazine groups is 1. The third-order valence-corrected chi connectivity index (χ3v) is 0.679. The Bertz CT molecular complexity index is 128. The summed E-state index contributed by atoms with van der Waals surface area (Å²) in [5, 5.41) is 7.14. The predicted octanol–water partition coefficient (Wildman–Crippen LogP) is -1.26. The summed E-state index contributed by atoms with van der Waals surface area (Å²) in [7, 11) is 0. The van der Waals surface area contributed by atoms with Crippen molar-refractivity contribution in [1.29, 1.82) is 0 Å². The van der Waals surface area contributed by atoms with Crippen molar-refractivity contribution in [2.75, 3.05) is 0 Å². The van der Waals surface area contributed by atoms with Crippen LogP contribution in [0.4, 0.5) is 0 Å². The number of hydrogen-bond donors (Lipinski definition) is 3. The Hall–Kier alpha value is -1.26. The molecule has 0 fully saturated rings. The zero-order valence-electron chi connectivity index (χ0n) is 4.47. The fraction of sp³-hybridized carbons (Fsp3) is 0.333. The Morgan fingerprint density at radius 1 is 1.38 bits per heavy atom. The van der Waals surface area contributed by atoms with Crippen LogP contribution in [-0.2, 0) is 0 Å². The number of nitrogens with two attached hydrogens (primary N) is 1. The molecule has 0 aromatic carbocycles. The Balaban J connectivity index is 2.65. The minimum atomic E-state index is 0.288. The first-order valence-electron chi connectivity index (χ1n) is 2.19. The van der Waals surface area contributed by atoms with E-state index in [4.69, 9.17) is 5.73 Å². The van der Waals surface area contributed by atoms with Gasteiger partial charge in [0, 0.05) is 0 Å². The van der Waals surface area contributed by atoms with E-state index in [-0.39, 0.29) is 5.96 Å². The van der Waals surface area contributed by atoms with Gasteiger partial charge in [-0.3, -0.25) is 10.9 Å². The van der Waals surface area contributed by atoms with Gasteiger partial charge in [0.2, 0.25) is 5.96 Å². The Labute approximate surface area is 46.6 Å². The van der Waals surface area contributed by atoms with E-state index in [1.165, 1.54) is 0 Å². The maximum Gasteiger partial charge on any atom is 0.232 e. The predicted molar refractivity (Wildman–Crippen MR) is 31.0 cm³/mol. The van der Waals surface area contributed by atoms with Crippen LogP contribution in [0, 0.1) is 0 Å². The van der Waals surface area contributed by atoms with Crippen molar-refractivity contribution >= 4 is 11.8 Å². The monoisotopic (exact) mass is 113 g/mol. The molecule has 1 heterocycles. The molecule has 0 saturated carbocycles. The van der Waals surface area contributed by atoms with Gasteiger partial charge in [0.05, 0.1) is 0 Å². The summed E-state index contributed by atoms with van der Waals surface area (Å²) >= 11 is 0. The van der Waals surface area contributed by atoms with Crippen LogP contribution >= 0.6 is 0 Å². The molecule has 0 atom stereocenters. The Morgan fingerprint density at radius 3 is 2.50 bits per heavy atom. The molecule has 0 aromatic rings. The molecule has 4 N–H and O–H groups in total. The molecule has 8 heavy (non-hydrogen) atoms. The molecule has 0 saturated heterocycles. The number of amidine groups is 1. The lowest BCUT2D eigenvalue weighted by Gasteiger charge is -2.09. The smallest absolute Gasteiger partial charge is 0.232 e. The highest BCUT2D eigenvalue weighted by Crippen LogP contribution is 1.77. The molecule has 1 rings (SSSR count). The van der Waals surface area contributed by atoms with Crippen LogP contribution in [0.25, 0.3) is 0 Å². The lowest BCUT2D eigenvalue weighted by Crippen LogP contribution is -2.46. The van der Waals surface area contributed by atoms with E-state index in [0.29, 0.717) is 5.84 Å². The average Bonchev–Trinajstić information content (AvgIpc) is 1.77. The first kappa shape index (κ1) is 4.89. The second kappa shape index (κ2) is 1.69. The Kier molecular flexibility index (Phi) is 1.03. The van der Waals surface area contributed by atoms with E-state index in [1.807, 2.05) is 0 Å². The second-order valence-electron chi connectivity index (χ2n) is 1.42. The average molecular weight is 113 g/mol. The van der Waals surface area contributed by atoms with Crippen LogP contribution in [0.1, 0.15) is 6.92 Å². The molecule has 0 aliphatic carbocycles.